The van der Waals surface area contributed by atoms with Gasteiger partial charge in [-0.05, 0) is 30.3 Å². The highest BCUT2D eigenvalue weighted by Crippen LogP contribution is 2.34. The van der Waals surface area contributed by atoms with Crippen molar-refractivity contribution in [3.05, 3.63) is 39.7 Å². The molecule has 0 saturated heterocycles. The number of nitrogens with zero attached hydrogens (tertiary/aromatic N) is 4. The summed E-state index contributed by atoms with van der Waals surface area (Å²) >= 11 is 1.16. The Morgan fingerprint density at radius 3 is 2.79 bits per heavy atom. The van der Waals surface area contributed by atoms with Crippen LogP contribution in [-0.2, 0) is 13.7 Å². The Morgan fingerprint density at radius 1 is 1.47 bits per heavy atom. The van der Waals surface area contributed by atoms with Gasteiger partial charge in [-0.2, -0.15) is 0 Å². The van der Waals surface area contributed by atoms with Gasteiger partial charge in [0, 0.05) is 13.1 Å². The van der Waals surface area contributed by atoms with Gasteiger partial charge in [0.1, 0.15) is 6.61 Å². The first-order chi connectivity index (χ1) is 9.02. The molecule has 2 rings (SSSR count). The number of rotatable bonds is 4. The standard InChI is InChI=1S/C11H12N4O3S/c1-7-3-4-8(15(17)18)9(5-7)19-11-13-12-10(6-16)14(11)2/h3-5,16H,6H2,1-2H3. The predicted molar refractivity (Wildman–Crippen MR) is 68.9 cm³/mol. The monoisotopic (exact) mass is 280 g/mol. The third kappa shape index (κ3) is 2.74. The number of aliphatic hydroxyl groups is 1. The van der Waals surface area contributed by atoms with Gasteiger partial charge in [0.25, 0.3) is 5.69 Å². The van der Waals surface area contributed by atoms with Crippen LogP contribution in [0.2, 0.25) is 0 Å². The largest absolute Gasteiger partial charge is 0.388 e. The zero-order chi connectivity index (χ0) is 14.0. The molecule has 0 spiro atoms. The summed E-state index contributed by atoms with van der Waals surface area (Å²) in [5.74, 6) is 0.415. The number of hydrogen-bond acceptors (Lipinski definition) is 6. The van der Waals surface area contributed by atoms with Gasteiger partial charge in [-0.1, -0.05) is 6.07 Å². The van der Waals surface area contributed by atoms with Crippen molar-refractivity contribution >= 4 is 17.4 Å². The molecule has 0 bridgehead atoms. The average Bonchev–Trinajstić information content (AvgIpc) is 2.70. The normalized spacial score (nSPS) is 10.7. The number of hydrogen-bond donors (Lipinski definition) is 1. The van der Waals surface area contributed by atoms with E-state index >= 15 is 0 Å². The molecule has 0 aliphatic carbocycles. The Morgan fingerprint density at radius 2 is 2.21 bits per heavy atom. The van der Waals surface area contributed by atoms with E-state index < -0.39 is 4.92 Å². The molecule has 1 aromatic carbocycles. The third-order valence-electron chi connectivity index (χ3n) is 2.58. The summed E-state index contributed by atoms with van der Waals surface area (Å²) in [6, 6.07) is 4.90. The van der Waals surface area contributed by atoms with E-state index in [0.717, 1.165) is 17.3 Å². The molecule has 0 aliphatic rings. The molecule has 7 nitrogen and oxygen atoms in total. The molecule has 1 heterocycles. The number of nitro groups is 1. The van der Waals surface area contributed by atoms with Crippen LogP contribution >= 0.6 is 11.8 Å². The molecule has 8 heteroatoms. The summed E-state index contributed by atoms with van der Waals surface area (Å²) < 4.78 is 1.61. The number of nitro benzene ring substituents is 1. The first-order valence-corrected chi connectivity index (χ1v) is 6.26. The van der Waals surface area contributed by atoms with Crippen molar-refractivity contribution in [1.82, 2.24) is 14.8 Å². The highest BCUT2D eigenvalue weighted by molar-refractivity contribution is 7.99. The average molecular weight is 280 g/mol. The Labute approximate surface area is 113 Å². The van der Waals surface area contributed by atoms with Gasteiger partial charge >= 0.3 is 0 Å². The lowest BCUT2D eigenvalue weighted by molar-refractivity contribution is -0.387. The van der Waals surface area contributed by atoms with Crippen molar-refractivity contribution in [2.24, 2.45) is 7.05 Å². The molecule has 0 unspecified atom stereocenters. The first-order valence-electron chi connectivity index (χ1n) is 5.45. The fraction of sp³-hybridized carbons (Fsp3) is 0.273. The molecule has 0 saturated carbocycles. The van der Waals surface area contributed by atoms with Crippen LogP contribution in [0.15, 0.2) is 28.3 Å². The van der Waals surface area contributed by atoms with Crippen molar-refractivity contribution in [2.75, 3.05) is 0 Å². The second-order valence-corrected chi connectivity index (χ2v) is 4.96. The maximum atomic E-state index is 11.0. The van der Waals surface area contributed by atoms with E-state index in [1.165, 1.54) is 6.07 Å². The molecule has 0 amide bonds. The molecule has 1 N–H and O–H groups in total. The van der Waals surface area contributed by atoms with Gasteiger partial charge in [0.2, 0.25) is 0 Å². The lowest BCUT2D eigenvalue weighted by atomic mass is 10.2. The van der Waals surface area contributed by atoms with E-state index in [1.807, 2.05) is 6.92 Å². The van der Waals surface area contributed by atoms with E-state index in [9.17, 15) is 10.1 Å². The van der Waals surface area contributed by atoms with Gasteiger partial charge in [-0.25, -0.2) is 0 Å². The van der Waals surface area contributed by atoms with Crippen molar-refractivity contribution in [3.63, 3.8) is 0 Å². The highest BCUT2D eigenvalue weighted by Gasteiger charge is 2.18. The second-order valence-electron chi connectivity index (χ2n) is 3.95. The molecule has 100 valence electrons. The highest BCUT2D eigenvalue weighted by atomic mass is 32.2. The summed E-state index contributed by atoms with van der Waals surface area (Å²) in [5.41, 5.74) is 0.960. The van der Waals surface area contributed by atoms with Gasteiger partial charge < -0.3 is 9.67 Å². The summed E-state index contributed by atoms with van der Waals surface area (Å²) in [5, 5.41) is 28.2. The SMILES string of the molecule is Cc1ccc([N+](=O)[O-])c(Sc2nnc(CO)n2C)c1. The Hall–Kier alpha value is -1.93. The Bertz CT molecular complexity index is 626. The van der Waals surface area contributed by atoms with Crippen molar-refractivity contribution in [2.45, 2.75) is 23.6 Å². The van der Waals surface area contributed by atoms with E-state index in [1.54, 1.807) is 23.7 Å². The zero-order valence-electron chi connectivity index (χ0n) is 10.4. The quantitative estimate of drug-likeness (QED) is 0.676. The fourth-order valence-corrected chi connectivity index (χ4v) is 2.54. The third-order valence-corrected chi connectivity index (χ3v) is 3.66. The van der Waals surface area contributed by atoms with Crippen LogP contribution in [0.25, 0.3) is 0 Å². The molecule has 0 aliphatic heterocycles. The van der Waals surface area contributed by atoms with Crippen LogP contribution in [0.5, 0.6) is 0 Å². The van der Waals surface area contributed by atoms with Gasteiger partial charge in [0.05, 0.1) is 9.82 Å². The van der Waals surface area contributed by atoms with E-state index in [2.05, 4.69) is 10.2 Å². The molecule has 19 heavy (non-hydrogen) atoms. The van der Waals surface area contributed by atoms with E-state index in [4.69, 9.17) is 5.11 Å². The smallest absolute Gasteiger partial charge is 0.283 e. The minimum atomic E-state index is -0.425. The Balaban J connectivity index is 2.39. The fourth-order valence-electron chi connectivity index (χ4n) is 1.52. The minimum absolute atomic E-state index is 0.0316. The predicted octanol–water partition coefficient (Wildman–Crippen LogP) is 1.68. The summed E-state index contributed by atoms with van der Waals surface area (Å²) in [6.45, 7) is 1.64. The van der Waals surface area contributed by atoms with Crippen LogP contribution in [0, 0.1) is 17.0 Å². The number of aryl methyl sites for hydroxylation is 1. The molecule has 0 radical (unpaired) electrons. The second kappa shape index (κ2) is 5.37. The molecule has 0 fully saturated rings. The molecule has 1 aromatic heterocycles. The minimum Gasteiger partial charge on any atom is -0.388 e. The van der Waals surface area contributed by atoms with Crippen molar-refractivity contribution < 1.29 is 10.0 Å². The maximum Gasteiger partial charge on any atom is 0.283 e. The van der Waals surface area contributed by atoms with Crippen LogP contribution in [-0.4, -0.2) is 24.8 Å². The first kappa shape index (κ1) is 13.5. The van der Waals surface area contributed by atoms with Gasteiger partial charge in [0.15, 0.2) is 11.0 Å². The number of aliphatic hydroxyl groups excluding tert-OH is 1. The molecule has 2 aromatic rings. The molecular formula is C11H12N4O3S. The summed E-state index contributed by atoms with van der Waals surface area (Å²) in [7, 11) is 1.70. The van der Waals surface area contributed by atoms with E-state index in [-0.39, 0.29) is 12.3 Å². The van der Waals surface area contributed by atoms with Crippen LogP contribution < -0.4 is 0 Å². The van der Waals surface area contributed by atoms with Crippen molar-refractivity contribution in [1.29, 1.82) is 0 Å². The molecular weight excluding hydrogens is 268 g/mol. The topological polar surface area (TPSA) is 94.1 Å². The number of aromatic nitrogens is 3. The lowest BCUT2D eigenvalue weighted by Gasteiger charge is -2.04. The lowest BCUT2D eigenvalue weighted by Crippen LogP contribution is -1.99. The van der Waals surface area contributed by atoms with Crippen LogP contribution in [0.3, 0.4) is 0 Å². The van der Waals surface area contributed by atoms with Crippen LogP contribution in [0.1, 0.15) is 11.4 Å². The Kier molecular flexibility index (Phi) is 3.82. The number of benzene rings is 1. The van der Waals surface area contributed by atoms with Gasteiger partial charge in [-0.3, -0.25) is 10.1 Å². The molecule has 0 atom stereocenters. The maximum absolute atomic E-state index is 11.0. The van der Waals surface area contributed by atoms with Gasteiger partial charge in [-0.15, -0.1) is 10.2 Å². The zero-order valence-corrected chi connectivity index (χ0v) is 11.2. The van der Waals surface area contributed by atoms with Crippen LogP contribution in [0.4, 0.5) is 5.69 Å². The summed E-state index contributed by atoms with van der Waals surface area (Å²) in [4.78, 5) is 11.1. The van der Waals surface area contributed by atoms with E-state index in [0.29, 0.717) is 15.9 Å². The summed E-state index contributed by atoms with van der Waals surface area (Å²) in [6.07, 6.45) is 0. The van der Waals surface area contributed by atoms with Crippen molar-refractivity contribution in [3.8, 4) is 0 Å².